The fraction of sp³-hybridized carbons (Fsp3) is 0.400. The zero-order valence-electron chi connectivity index (χ0n) is 13.0. The predicted octanol–water partition coefficient (Wildman–Crippen LogP) is 0.0168. The first-order valence-electron chi connectivity index (χ1n) is 7.69. The van der Waals surface area contributed by atoms with Gasteiger partial charge in [0.15, 0.2) is 5.82 Å². The van der Waals surface area contributed by atoms with Crippen molar-refractivity contribution in [3.63, 3.8) is 0 Å². The number of nitrogens with zero attached hydrogens (tertiary/aromatic N) is 4. The summed E-state index contributed by atoms with van der Waals surface area (Å²) in [7, 11) is 0. The van der Waals surface area contributed by atoms with Crippen molar-refractivity contribution in [1.29, 1.82) is 0 Å². The summed E-state index contributed by atoms with van der Waals surface area (Å²) in [5.41, 5.74) is 5.89. The zero-order chi connectivity index (χ0) is 16.9. The highest BCUT2D eigenvalue weighted by Gasteiger charge is 2.30. The smallest absolute Gasteiger partial charge is 0.315 e. The molecule has 3 N–H and O–H groups in total. The van der Waals surface area contributed by atoms with E-state index in [2.05, 4.69) is 25.3 Å². The van der Waals surface area contributed by atoms with Gasteiger partial charge in [-0.25, -0.2) is 0 Å². The van der Waals surface area contributed by atoms with Gasteiger partial charge in [0.05, 0.1) is 6.54 Å². The molecule has 1 aliphatic rings. The van der Waals surface area contributed by atoms with Crippen LogP contribution in [-0.2, 0) is 11.3 Å². The van der Waals surface area contributed by atoms with Crippen LogP contribution in [0.25, 0.3) is 0 Å². The first-order valence-corrected chi connectivity index (χ1v) is 7.69. The standard InChI is InChI=1S/C15H18N6O3/c16-13(22)15-19-11(20-24-15)9-18-14(23)12(21-6-1-2-7-21)10-4-3-5-17-8-10/h3-5,8,12H,1-2,6-7,9H2,(H2,16,22)(H,18,23)/t12-/m0/s1. The van der Waals surface area contributed by atoms with E-state index in [4.69, 9.17) is 10.3 Å². The highest BCUT2D eigenvalue weighted by Crippen LogP contribution is 2.24. The minimum absolute atomic E-state index is 0.0558. The van der Waals surface area contributed by atoms with Crippen molar-refractivity contribution in [3.05, 3.63) is 41.8 Å². The Bertz CT molecular complexity index is 711. The second kappa shape index (κ2) is 7.18. The van der Waals surface area contributed by atoms with Crippen molar-refractivity contribution < 1.29 is 14.1 Å². The van der Waals surface area contributed by atoms with Crippen LogP contribution < -0.4 is 11.1 Å². The van der Waals surface area contributed by atoms with E-state index in [0.717, 1.165) is 31.5 Å². The Morgan fingerprint density at radius 3 is 2.79 bits per heavy atom. The number of nitrogens with two attached hydrogens (primary N) is 1. The molecule has 2 aromatic rings. The van der Waals surface area contributed by atoms with E-state index < -0.39 is 11.9 Å². The lowest BCUT2D eigenvalue weighted by molar-refractivity contribution is -0.126. The van der Waals surface area contributed by atoms with Crippen LogP contribution in [0.3, 0.4) is 0 Å². The van der Waals surface area contributed by atoms with Crippen molar-refractivity contribution in [2.45, 2.75) is 25.4 Å². The Labute approximate surface area is 138 Å². The summed E-state index contributed by atoms with van der Waals surface area (Å²) in [4.78, 5) is 33.7. The third kappa shape index (κ3) is 3.57. The molecule has 9 nitrogen and oxygen atoms in total. The summed E-state index contributed by atoms with van der Waals surface area (Å²) >= 11 is 0. The van der Waals surface area contributed by atoms with E-state index in [-0.39, 0.29) is 24.2 Å². The number of hydrogen-bond acceptors (Lipinski definition) is 7. The van der Waals surface area contributed by atoms with Crippen LogP contribution in [0.2, 0.25) is 0 Å². The molecule has 1 fully saturated rings. The van der Waals surface area contributed by atoms with Crippen LogP contribution in [0.5, 0.6) is 0 Å². The number of rotatable bonds is 6. The summed E-state index contributed by atoms with van der Waals surface area (Å²) in [6.07, 6.45) is 5.50. The maximum atomic E-state index is 12.7. The van der Waals surface area contributed by atoms with Gasteiger partial charge >= 0.3 is 11.8 Å². The second-order valence-corrected chi connectivity index (χ2v) is 5.53. The third-order valence-electron chi connectivity index (χ3n) is 3.85. The maximum absolute atomic E-state index is 12.7. The van der Waals surface area contributed by atoms with Crippen LogP contribution in [0.4, 0.5) is 0 Å². The van der Waals surface area contributed by atoms with Crippen molar-refractivity contribution in [2.75, 3.05) is 13.1 Å². The molecule has 2 amide bonds. The average Bonchev–Trinajstić information content (AvgIpc) is 3.26. The van der Waals surface area contributed by atoms with E-state index >= 15 is 0 Å². The molecule has 1 aliphatic heterocycles. The molecular weight excluding hydrogens is 312 g/mol. The summed E-state index contributed by atoms with van der Waals surface area (Å²) in [5, 5.41) is 6.39. The summed E-state index contributed by atoms with van der Waals surface area (Å²) in [6, 6.07) is 3.28. The van der Waals surface area contributed by atoms with Crippen molar-refractivity contribution in [3.8, 4) is 0 Å². The van der Waals surface area contributed by atoms with Crippen LogP contribution in [0.1, 0.15) is 41.0 Å². The Hall–Kier alpha value is -2.81. The fourth-order valence-corrected chi connectivity index (χ4v) is 2.75. The molecule has 1 saturated heterocycles. The number of amides is 2. The molecule has 0 aromatic carbocycles. The molecule has 2 aromatic heterocycles. The van der Waals surface area contributed by atoms with E-state index in [1.807, 2.05) is 12.1 Å². The van der Waals surface area contributed by atoms with Gasteiger partial charge in [0, 0.05) is 12.4 Å². The largest absolute Gasteiger partial charge is 0.361 e. The van der Waals surface area contributed by atoms with Gasteiger partial charge in [-0.15, -0.1) is 0 Å². The number of nitrogens with one attached hydrogen (secondary N) is 1. The summed E-state index contributed by atoms with van der Waals surface area (Å²) in [5.74, 6) is -1.05. The molecule has 1 atom stereocenters. The SMILES string of the molecule is NC(=O)c1nc(CNC(=O)[C@H](c2cccnc2)N2CCCC2)no1. The fourth-order valence-electron chi connectivity index (χ4n) is 2.75. The van der Waals surface area contributed by atoms with Gasteiger partial charge in [0.1, 0.15) is 6.04 Å². The van der Waals surface area contributed by atoms with Gasteiger partial charge in [0.2, 0.25) is 5.91 Å². The quantitative estimate of drug-likeness (QED) is 0.764. The molecule has 0 spiro atoms. The Kier molecular flexibility index (Phi) is 4.80. The van der Waals surface area contributed by atoms with Gasteiger partial charge in [-0.3, -0.25) is 19.5 Å². The Balaban J connectivity index is 1.70. The van der Waals surface area contributed by atoms with Gasteiger partial charge in [-0.1, -0.05) is 11.2 Å². The van der Waals surface area contributed by atoms with Gasteiger partial charge in [0.25, 0.3) is 0 Å². The van der Waals surface area contributed by atoms with Crippen molar-refractivity contribution >= 4 is 11.8 Å². The van der Waals surface area contributed by atoms with Gasteiger partial charge in [-0.05, 0) is 37.6 Å². The number of carbonyl (C=O) groups is 2. The topological polar surface area (TPSA) is 127 Å². The van der Waals surface area contributed by atoms with Crippen molar-refractivity contribution in [1.82, 2.24) is 25.3 Å². The predicted molar refractivity (Wildman–Crippen MR) is 82.4 cm³/mol. The van der Waals surface area contributed by atoms with Crippen LogP contribution in [0.15, 0.2) is 29.0 Å². The summed E-state index contributed by atoms with van der Waals surface area (Å²) in [6.45, 7) is 1.78. The molecular formula is C15H18N6O3. The molecule has 0 aliphatic carbocycles. The first-order chi connectivity index (χ1) is 11.6. The van der Waals surface area contributed by atoms with Gasteiger partial charge in [-0.2, -0.15) is 4.98 Å². The lowest BCUT2D eigenvalue weighted by Gasteiger charge is -2.26. The van der Waals surface area contributed by atoms with E-state index in [9.17, 15) is 9.59 Å². The molecule has 0 bridgehead atoms. The monoisotopic (exact) mass is 330 g/mol. The van der Waals surface area contributed by atoms with Gasteiger partial charge < -0.3 is 15.6 Å². The lowest BCUT2D eigenvalue weighted by atomic mass is 10.1. The van der Waals surface area contributed by atoms with E-state index in [0.29, 0.717) is 0 Å². The molecule has 24 heavy (non-hydrogen) atoms. The lowest BCUT2D eigenvalue weighted by Crippen LogP contribution is -2.39. The molecule has 9 heteroatoms. The number of carbonyl (C=O) groups excluding carboxylic acids is 2. The number of likely N-dealkylation sites (tertiary alicyclic amines) is 1. The molecule has 3 rings (SSSR count). The highest BCUT2D eigenvalue weighted by atomic mass is 16.5. The van der Waals surface area contributed by atoms with E-state index in [1.54, 1.807) is 12.4 Å². The number of aromatic nitrogens is 3. The number of hydrogen-bond donors (Lipinski definition) is 2. The first kappa shape index (κ1) is 16.1. The molecule has 0 saturated carbocycles. The molecule has 126 valence electrons. The Morgan fingerprint density at radius 2 is 2.17 bits per heavy atom. The number of pyridine rings is 1. The molecule has 0 unspecified atom stereocenters. The van der Waals surface area contributed by atoms with E-state index in [1.165, 1.54) is 0 Å². The van der Waals surface area contributed by atoms with Crippen LogP contribution in [0, 0.1) is 0 Å². The average molecular weight is 330 g/mol. The maximum Gasteiger partial charge on any atom is 0.315 e. The molecule has 0 radical (unpaired) electrons. The zero-order valence-corrected chi connectivity index (χ0v) is 13.0. The number of primary amides is 1. The van der Waals surface area contributed by atoms with Crippen molar-refractivity contribution in [2.24, 2.45) is 5.73 Å². The second-order valence-electron chi connectivity index (χ2n) is 5.53. The molecule has 3 heterocycles. The highest BCUT2D eigenvalue weighted by molar-refractivity contribution is 5.87. The Morgan fingerprint density at radius 1 is 1.38 bits per heavy atom. The summed E-state index contributed by atoms with van der Waals surface area (Å²) < 4.78 is 4.70. The minimum atomic E-state index is -0.801. The minimum Gasteiger partial charge on any atom is -0.361 e. The normalized spacial score (nSPS) is 16.0. The van der Waals surface area contributed by atoms with Crippen LogP contribution in [-0.4, -0.2) is 44.9 Å². The van der Waals surface area contributed by atoms with Crippen LogP contribution >= 0.6 is 0 Å². The third-order valence-corrected chi connectivity index (χ3v) is 3.85.